The van der Waals surface area contributed by atoms with Crippen LogP contribution in [0.2, 0.25) is 0 Å². The molecular weight excluding hydrogens is 258 g/mol. The summed E-state index contributed by atoms with van der Waals surface area (Å²) in [5.41, 5.74) is 8.12. The lowest BCUT2D eigenvalue weighted by molar-refractivity contribution is 0.233. The largest absolute Gasteiger partial charge is 0.395 e. The van der Waals surface area contributed by atoms with Crippen LogP contribution in [0.25, 0.3) is 11.0 Å². The quantitative estimate of drug-likeness (QED) is 0.751. The van der Waals surface area contributed by atoms with Gasteiger partial charge in [-0.15, -0.1) is 0 Å². The number of rotatable bonds is 4. The highest BCUT2D eigenvalue weighted by molar-refractivity contribution is 7.99. The molecule has 1 heterocycles. The second-order valence-electron chi connectivity index (χ2n) is 5.79. The fraction of sp³-hybridized carbons (Fsp3) is 0.500. The Hall–Kier alpha value is -1.04. The topological polar surface area (TPSA) is 74.9 Å². The van der Waals surface area contributed by atoms with Gasteiger partial charge in [-0.25, -0.2) is 4.98 Å². The van der Waals surface area contributed by atoms with E-state index in [9.17, 15) is 5.11 Å². The number of hydrogen-bond acceptors (Lipinski definition) is 4. The number of thioether (sulfide) groups is 1. The molecule has 0 aliphatic carbocycles. The smallest absolute Gasteiger partial charge is 0.166 e. The van der Waals surface area contributed by atoms with Crippen molar-refractivity contribution < 1.29 is 5.11 Å². The molecule has 0 amide bonds. The van der Waals surface area contributed by atoms with Gasteiger partial charge in [-0.2, -0.15) is 0 Å². The highest BCUT2D eigenvalue weighted by Gasteiger charge is 2.30. The van der Waals surface area contributed by atoms with E-state index in [-0.39, 0.29) is 23.3 Å². The van der Waals surface area contributed by atoms with E-state index in [0.29, 0.717) is 0 Å². The maximum absolute atomic E-state index is 9.55. The summed E-state index contributed by atoms with van der Waals surface area (Å²) in [5, 5.41) is 10.3. The first-order valence-electron chi connectivity index (χ1n) is 6.39. The van der Waals surface area contributed by atoms with Crippen LogP contribution < -0.4 is 5.73 Å². The Morgan fingerprint density at radius 1 is 1.37 bits per heavy atom. The van der Waals surface area contributed by atoms with Gasteiger partial charge < -0.3 is 15.8 Å². The van der Waals surface area contributed by atoms with Crippen molar-refractivity contribution in [3.63, 3.8) is 0 Å². The Balaban J connectivity index is 2.18. The maximum atomic E-state index is 9.55. The summed E-state index contributed by atoms with van der Waals surface area (Å²) in [7, 11) is 0. The number of nitrogens with zero attached hydrogens (tertiary/aromatic N) is 1. The van der Waals surface area contributed by atoms with E-state index in [0.717, 1.165) is 16.2 Å². The summed E-state index contributed by atoms with van der Waals surface area (Å²) in [6, 6.07) is 7.79. The van der Waals surface area contributed by atoms with Crippen LogP contribution >= 0.6 is 11.8 Å². The molecule has 2 aromatic rings. The third-order valence-electron chi connectivity index (χ3n) is 3.21. The number of nitrogens with two attached hydrogens (primary N) is 1. The highest BCUT2D eigenvalue weighted by atomic mass is 32.2. The number of aromatic amines is 1. The number of nitrogens with one attached hydrogen (secondary N) is 1. The van der Waals surface area contributed by atoms with Gasteiger partial charge in [0.2, 0.25) is 0 Å². The molecule has 0 radical (unpaired) electrons. The summed E-state index contributed by atoms with van der Waals surface area (Å²) < 4.78 is 0. The van der Waals surface area contributed by atoms with Crippen molar-refractivity contribution in [2.24, 2.45) is 11.1 Å². The van der Waals surface area contributed by atoms with Gasteiger partial charge in [-0.1, -0.05) is 44.7 Å². The monoisotopic (exact) mass is 279 g/mol. The Kier molecular flexibility index (Phi) is 4.18. The average molecular weight is 279 g/mol. The third kappa shape index (κ3) is 3.29. The van der Waals surface area contributed by atoms with Gasteiger partial charge in [0.15, 0.2) is 5.16 Å². The third-order valence-corrected chi connectivity index (χ3v) is 4.37. The molecule has 2 rings (SSSR count). The molecule has 19 heavy (non-hydrogen) atoms. The first kappa shape index (κ1) is 14.4. The van der Waals surface area contributed by atoms with Crippen LogP contribution in [0.3, 0.4) is 0 Å². The Morgan fingerprint density at radius 3 is 2.63 bits per heavy atom. The summed E-state index contributed by atoms with van der Waals surface area (Å²) >= 11 is 1.51. The summed E-state index contributed by atoms with van der Waals surface area (Å²) in [4.78, 5) is 7.76. The lowest BCUT2D eigenvalue weighted by Crippen LogP contribution is -2.45. The van der Waals surface area contributed by atoms with Crippen LogP contribution in [0.1, 0.15) is 20.8 Å². The predicted octanol–water partition coefficient (Wildman–Crippen LogP) is 2.39. The predicted molar refractivity (Wildman–Crippen MR) is 80.3 cm³/mol. The molecule has 0 bridgehead atoms. The normalized spacial score (nSPS) is 15.6. The second-order valence-corrected chi connectivity index (χ2v) is 7.02. The fourth-order valence-electron chi connectivity index (χ4n) is 1.91. The van der Waals surface area contributed by atoms with Crippen molar-refractivity contribution >= 4 is 22.8 Å². The van der Waals surface area contributed by atoms with Crippen molar-refractivity contribution in [1.82, 2.24) is 9.97 Å². The molecule has 4 N–H and O–H groups in total. The molecule has 1 aromatic heterocycles. The first-order chi connectivity index (χ1) is 8.91. The minimum absolute atomic E-state index is 0.0418. The molecule has 4 nitrogen and oxygen atoms in total. The molecule has 0 aliphatic rings. The number of hydrogen-bond donors (Lipinski definition) is 3. The van der Waals surface area contributed by atoms with Crippen LogP contribution in [0.4, 0.5) is 0 Å². The van der Waals surface area contributed by atoms with Gasteiger partial charge in [0.1, 0.15) is 0 Å². The molecule has 0 spiro atoms. The summed E-state index contributed by atoms with van der Waals surface area (Å²) in [6.07, 6.45) is 0. The van der Waals surface area contributed by atoms with Gasteiger partial charge >= 0.3 is 0 Å². The summed E-state index contributed by atoms with van der Waals surface area (Å²) in [5.74, 6) is 0. The van der Waals surface area contributed by atoms with Crippen LogP contribution in [0.15, 0.2) is 29.4 Å². The molecule has 104 valence electrons. The number of fused-ring (bicyclic) bond motifs is 1. The van der Waals surface area contributed by atoms with E-state index in [1.54, 1.807) is 0 Å². The Labute approximate surface area is 117 Å². The van der Waals surface area contributed by atoms with Crippen molar-refractivity contribution in [1.29, 1.82) is 0 Å². The number of aromatic nitrogens is 2. The number of imidazole rings is 1. The van der Waals surface area contributed by atoms with Gasteiger partial charge in [0.25, 0.3) is 0 Å². The van der Waals surface area contributed by atoms with Gasteiger partial charge in [-0.3, -0.25) is 0 Å². The van der Waals surface area contributed by atoms with Crippen molar-refractivity contribution in [3.8, 4) is 0 Å². The van der Waals surface area contributed by atoms with E-state index in [4.69, 9.17) is 5.73 Å². The SMILES string of the molecule is CC(C)(C)C(N)C(CO)Sc1nc2ccccc2[nH]1. The van der Waals surface area contributed by atoms with Crippen LogP contribution in [0.5, 0.6) is 0 Å². The molecule has 0 fully saturated rings. The zero-order chi connectivity index (χ0) is 14.0. The molecule has 2 unspecified atom stereocenters. The Morgan fingerprint density at radius 2 is 2.05 bits per heavy atom. The molecule has 5 heteroatoms. The standard InChI is InChI=1S/C14H21N3OS/c1-14(2,3)12(15)11(8-18)19-13-16-9-6-4-5-7-10(9)17-13/h4-7,11-12,18H,8,15H2,1-3H3,(H,16,17). The van der Waals surface area contributed by atoms with Crippen molar-refractivity contribution in [2.45, 2.75) is 37.2 Å². The van der Waals surface area contributed by atoms with Gasteiger partial charge in [0.05, 0.1) is 22.9 Å². The summed E-state index contributed by atoms with van der Waals surface area (Å²) in [6.45, 7) is 6.29. The number of benzene rings is 1. The first-order valence-corrected chi connectivity index (χ1v) is 7.27. The Bertz CT molecular complexity index is 514. The molecular formula is C14H21N3OS. The number of H-pyrrole nitrogens is 1. The lowest BCUT2D eigenvalue weighted by atomic mass is 9.85. The molecule has 0 saturated heterocycles. The zero-order valence-corrected chi connectivity index (χ0v) is 12.4. The number of aliphatic hydroxyl groups excluding tert-OH is 1. The molecule has 2 atom stereocenters. The van der Waals surface area contributed by atoms with Gasteiger partial charge in [-0.05, 0) is 17.5 Å². The van der Waals surface area contributed by atoms with E-state index in [2.05, 4.69) is 30.7 Å². The number of para-hydroxylation sites is 2. The average Bonchev–Trinajstić information content (AvgIpc) is 2.76. The second kappa shape index (κ2) is 5.53. The molecule has 1 aromatic carbocycles. The maximum Gasteiger partial charge on any atom is 0.166 e. The lowest BCUT2D eigenvalue weighted by Gasteiger charge is -2.32. The van der Waals surface area contributed by atoms with Gasteiger partial charge in [0, 0.05) is 6.04 Å². The van der Waals surface area contributed by atoms with E-state index < -0.39 is 0 Å². The highest BCUT2D eigenvalue weighted by Crippen LogP contribution is 2.31. The van der Waals surface area contributed by atoms with Crippen molar-refractivity contribution in [2.75, 3.05) is 6.61 Å². The molecule has 0 aliphatic heterocycles. The molecule has 0 saturated carbocycles. The minimum atomic E-state index is -0.101. The van der Waals surface area contributed by atoms with Crippen LogP contribution in [-0.4, -0.2) is 33.0 Å². The van der Waals surface area contributed by atoms with E-state index >= 15 is 0 Å². The minimum Gasteiger partial charge on any atom is -0.395 e. The van der Waals surface area contributed by atoms with E-state index in [1.165, 1.54) is 11.8 Å². The fourth-order valence-corrected chi connectivity index (χ4v) is 3.15. The van der Waals surface area contributed by atoms with Crippen LogP contribution in [-0.2, 0) is 0 Å². The van der Waals surface area contributed by atoms with Crippen molar-refractivity contribution in [3.05, 3.63) is 24.3 Å². The van der Waals surface area contributed by atoms with Crippen LogP contribution in [0, 0.1) is 5.41 Å². The number of aliphatic hydroxyl groups is 1. The zero-order valence-electron chi connectivity index (χ0n) is 11.6. The van der Waals surface area contributed by atoms with E-state index in [1.807, 2.05) is 24.3 Å².